The number of likely N-dealkylation sites (N-methyl/N-ethyl adjacent to an activating group) is 1. The Hall–Kier alpha value is -3.00. The second kappa shape index (κ2) is 10.2. The maximum Gasteiger partial charge on any atom is 0.418 e. The largest absolute Gasteiger partial charge is 0.496 e. The summed E-state index contributed by atoms with van der Waals surface area (Å²) in [5, 5.41) is 2.68. The molecule has 160 valence electrons. The SMILES string of the molecule is CCN(CC(=O)Nc1ccccc1C(F)(F)F)C(=O)/C=C/c1cc(Cl)ccc1OC. The normalized spacial score (nSPS) is 11.4. The Morgan fingerprint density at radius 1 is 1.20 bits per heavy atom. The van der Waals surface area contributed by atoms with Crippen LogP contribution in [0.4, 0.5) is 18.9 Å². The number of benzene rings is 2. The zero-order valence-corrected chi connectivity index (χ0v) is 17.1. The van der Waals surface area contributed by atoms with Crippen LogP contribution >= 0.6 is 11.6 Å². The molecule has 9 heteroatoms. The third-order valence-electron chi connectivity index (χ3n) is 4.13. The van der Waals surface area contributed by atoms with Crippen LogP contribution in [-0.4, -0.2) is 36.9 Å². The summed E-state index contributed by atoms with van der Waals surface area (Å²) < 4.78 is 44.4. The molecule has 0 saturated carbocycles. The summed E-state index contributed by atoms with van der Waals surface area (Å²) in [6, 6.07) is 9.55. The zero-order valence-electron chi connectivity index (χ0n) is 16.3. The summed E-state index contributed by atoms with van der Waals surface area (Å²) in [5.74, 6) is -0.720. The molecule has 30 heavy (non-hydrogen) atoms. The molecule has 0 heterocycles. The lowest BCUT2D eigenvalue weighted by Crippen LogP contribution is -2.37. The van der Waals surface area contributed by atoms with Crippen molar-refractivity contribution in [1.29, 1.82) is 0 Å². The second-order valence-corrected chi connectivity index (χ2v) is 6.60. The summed E-state index contributed by atoms with van der Waals surface area (Å²) in [4.78, 5) is 25.9. The highest BCUT2D eigenvalue weighted by Crippen LogP contribution is 2.34. The molecule has 0 aliphatic heterocycles. The fraction of sp³-hybridized carbons (Fsp3) is 0.238. The Morgan fingerprint density at radius 2 is 1.90 bits per heavy atom. The van der Waals surface area contributed by atoms with Crippen molar-refractivity contribution in [2.75, 3.05) is 25.5 Å². The molecule has 1 N–H and O–H groups in total. The monoisotopic (exact) mass is 440 g/mol. The minimum absolute atomic E-state index is 0.185. The van der Waals surface area contributed by atoms with Crippen LogP contribution in [0.2, 0.25) is 5.02 Å². The molecule has 5 nitrogen and oxygen atoms in total. The van der Waals surface area contributed by atoms with Crippen LogP contribution in [-0.2, 0) is 15.8 Å². The topological polar surface area (TPSA) is 58.6 Å². The van der Waals surface area contributed by atoms with Gasteiger partial charge in [-0.3, -0.25) is 9.59 Å². The van der Waals surface area contributed by atoms with E-state index in [2.05, 4.69) is 5.32 Å². The maximum absolute atomic E-state index is 13.1. The molecule has 0 unspecified atom stereocenters. The molecular formula is C21H20ClF3N2O3. The van der Waals surface area contributed by atoms with Crippen LogP contribution in [0.25, 0.3) is 6.08 Å². The van der Waals surface area contributed by atoms with E-state index in [1.165, 1.54) is 36.3 Å². The van der Waals surface area contributed by atoms with Crippen molar-refractivity contribution in [3.8, 4) is 5.75 Å². The minimum atomic E-state index is -4.61. The highest BCUT2D eigenvalue weighted by molar-refractivity contribution is 6.30. The first kappa shape index (κ1) is 23.3. The number of anilines is 1. The van der Waals surface area contributed by atoms with Gasteiger partial charge in [-0.05, 0) is 43.3 Å². The number of hydrogen-bond acceptors (Lipinski definition) is 3. The molecule has 0 bridgehead atoms. The van der Waals surface area contributed by atoms with Gasteiger partial charge in [-0.2, -0.15) is 13.2 Å². The lowest BCUT2D eigenvalue weighted by atomic mass is 10.1. The fourth-order valence-electron chi connectivity index (χ4n) is 2.65. The standard InChI is InChI=1S/C21H20ClF3N2O3/c1-3-27(20(29)11-8-14-12-15(22)9-10-18(14)30-2)13-19(28)26-17-7-5-4-6-16(17)21(23,24)25/h4-12H,3,13H2,1-2H3,(H,26,28)/b11-8+. The number of nitrogens with one attached hydrogen (secondary N) is 1. The van der Waals surface area contributed by atoms with Crippen molar-refractivity contribution in [2.45, 2.75) is 13.1 Å². The molecule has 0 saturated heterocycles. The van der Waals surface area contributed by atoms with Gasteiger partial charge in [0.2, 0.25) is 11.8 Å². The predicted octanol–water partition coefficient (Wildman–Crippen LogP) is 4.87. The summed E-state index contributed by atoms with van der Waals surface area (Å²) in [6.45, 7) is 1.44. The first-order chi connectivity index (χ1) is 14.2. The van der Waals surface area contributed by atoms with Crippen molar-refractivity contribution in [2.24, 2.45) is 0 Å². The lowest BCUT2D eigenvalue weighted by Gasteiger charge is -2.20. The second-order valence-electron chi connectivity index (χ2n) is 6.16. The molecule has 2 aromatic carbocycles. The van der Waals surface area contributed by atoms with Crippen molar-refractivity contribution in [1.82, 2.24) is 4.90 Å². The van der Waals surface area contributed by atoms with Gasteiger partial charge in [0.05, 0.1) is 18.4 Å². The van der Waals surface area contributed by atoms with E-state index >= 15 is 0 Å². The zero-order chi connectivity index (χ0) is 22.3. The van der Waals surface area contributed by atoms with Gasteiger partial charge in [0.1, 0.15) is 12.3 Å². The van der Waals surface area contributed by atoms with Gasteiger partial charge in [-0.15, -0.1) is 0 Å². The van der Waals surface area contributed by atoms with Crippen molar-refractivity contribution >= 4 is 35.2 Å². The number of nitrogens with zero attached hydrogens (tertiary/aromatic N) is 1. The highest BCUT2D eigenvalue weighted by atomic mass is 35.5. The van der Waals surface area contributed by atoms with Crippen LogP contribution in [0.3, 0.4) is 0 Å². The lowest BCUT2D eigenvalue weighted by molar-refractivity contribution is -0.137. The van der Waals surface area contributed by atoms with E-state index in [1.807, 2.05) is 0 Å². The minimum Gasteiger partial charge on any atom is -0.496 e. The van der Waals surface area contributed by atoms with Gasteiger partial charge in [0.15, 0.2) is 0 Å². The molecular weight excluding hydrogens is 421 g/mol. The maximum atomic E-state index is 13.1. The summed E-state index contributed by atoms with van der Waals surface area (Å²) in [5.41, 5.74) is -0.753. The van der Waals surface area contributed by atoms with Gasteiger partial charge in [0, 0.05) is 23.2 Å². The quantitative estimate of drug-likeness (QED) is 0.625. The first-order valence-corrected chi connectivity index (χ1v) is 9.30. The molecule has 0 fully saturated rings. The van der Waals surface area contributed by atoms with E-state index in [1.54, 1.807) is 25.1 Å². The average Bonchev–Trinajstić information content (AvgIpc) is 2.70. The summed E-state index contributed by atoms with van der Waals surface area (Å²) in [7, 11) is 1.48. The van der Waals surface area contributed by atoms with Crippen molar-refractivity contribution in [3.05, 3.63) is 64.7 Å². The molecule has 0 aromatic heterocycles. The third kappa shape index (κ3) is 6.25. The molecule has 0 radical (unpaired) electrons. The van der Waals surface area contributed by atoms with Crippen LogP contribution in [0.5, 0.6) is 5.75 Å². The molecule has 2 rings (SSSR count). The van der Waals surface area contributed by atoms with E-state index in [9.17, 15) is 22.8 Å². The first-order valence-electron chi connectivity index (χ1n) is 8.92. The Morgan fingerprint density at radius 3 is 2.53 bits per heavy atom. The van der Waals surface area contributed by atoms with Crippen molar-refractivity contribution < 1.29 is 27.5 Å². The Kier molecular flexibility index (Phi) is 7.88. The summed E-state index contributed by atoms with van der Waals surface area (Å²) >= 11 is 5.95. The number of amides is 2. The van der Waals surface area contributed by atoms with E-state index in [0.717, 1.165) is 12.1 Å². The number of carbonyl (C=O) groups is 2. The number of ether oxygens (including phenoxy) is 1. The Labute approximate surface area is 177 Å². The highest BCUT2D eigenvalue weighted by Gasteiger charge is 2.33. The Bertz CT molecular complexity index is 945. The van der Waals surface area contributed by atoms with Gasteiger partial charge >= 0.3 is 6.18 Å². The van der Waals surface area contributed by atoms with Gasteiger partial charge < -0.3 is 15.0 Å². The van der Waals surface area contributed by atoms with E-state index in [-0.39, 0.29) is 12.2 Å². The number of para-hydroxylation sites is 1. The molecule has 0 aliphatic rings. The third-order valence-corrected chi connectivity index (χ3v) is 4.37. The molecule has 2 amide bonds. The number of alkyl halides is 3. The molecule has 0 aliphatic carbocycles. The smallest absolute Gasteiger partial charge is 0.418 e. The van der Waals surface area contributed by atoms with Crippen LogP contribution in [0.1, 0.15) is 18.1 Å². The number of methoxy groups -OCH3 is 1. The molecule has 2 aromatic rings. The predicted molar refractivity (Wildman–Crippen MR) is 109 cm³/mol. The van der Waals surface area contributed by atoms with Gasteiger partial charge in [-0.25, -0.2) is 0 Å². The number of hydrogen-bond donors (Lipinski definition) is 1. The number of rotatable bonds is 7. The van der Waals surface area contributed by atoms with Crippen molar-refractivity contribution in [3.63, 3.8) is 0 Å². The average molecular weight is 441 g/mol. The van der Waals surface area contributed by atoms with Crippen LogP contribution in [0.15, 0.2) is 48.5 Å². The van der Waals surface area contributed by atoms with Gasteiger partial charge in [-0.1, -0.05) is 23.7 Å². The fourth-order valence-corrected chi connectivity index (χ4v) is 2.83. The summed E-state index contributed by atoms with van der Waals surface area (Å²) in [6.07, 6.45) is -1.87. The molecule has 0 atom stereocenters. The van der Waals surface area contributed by atoms with E-state index in [4.69, 9.17) is 16.3 Å². The molecule has 0 spiro atoms. The Balaban J connectivity index is 2.09. The number of halogens is 4. The van der Waals surface area contributed by atoms with E-state index in [0.29, 0.717) is 16.3 Å². The van der Waals surface area contributed by atoms with E-state index < -0.39 is 30.1 Å². The number of carbonyl (C=O) groups excluding carboxylic acids is 2. The van der Waals surface area contributed by atoms with Crippen LogP contribution in [0, 0.1) is 0 Å². The van der Waals surface area contributed by atoms with Crippen LogP contribution < -0.4 is 10.1 Å². The van der Waals surface area contributed by atoms with Gasteiger partial charge in [0.25, 0.3) is 0 Å².